The van der Waals surface area contributed by atoms with E-state index >= 15 is 0 Å². The summed E-state index contributed by atoms with van der Waals surface area (Å²) in [6.45, 7) is 1.54. The third kappa shape index (κ3) is 2.00. The van der Waals surface area contributed by atoms with Crippen LogP contribution in [-0.2, 0) is 9.84 Å². The van der Waals surface area contributed by atoms with Crippen LogP contribution in [0.2, 0.25) is 0 Å². The lowest BCUT2D eigenvalue weighted by Crippen LogP contribution is -2.05. The SMILES string of the molecule is CCS(=O)(=O)c1cnc(C#N)nc1. The van der Waals surface area contributed by atoms with Gasteiger partial charge in [0.15, 0.2) is 9.84 Å². The lowest BCUT2D eigenvalue weighted by Gasteiger charge is -1.98. The lowest BCUT2D eigenvalue weighted by atomic mass is 10.6. The van der Waals surface area contributed by atoms with Gasteiger partial charge in [-0.1, -0.05) is 6.92 Å². The summed E-state index contributed by atoms with van der Waals surface area (Å²) in [6.07, 6.45) is 2.29. The maximum Gasteiger partial charge on any atom is 0.232 e. The second-order valence-electron chi connectivity index (χ2n) is 2.26. The molecule has 0 bridgehead atoms. The van der Waals surface area contributed by atoms with Crippen LogP contribution < -0.4 is 0 Å². The summed E-state index contributed by atoms with van der Waals surface area (Å²) < 4.78 is 22.5. The summed E-state index contributed by atoms with van der Waals surface area (Å²) in [7, 11) is -3.26. The Balaban J connectivity index is 3.15. The lowest BCUT2D eigenvalue weighted by molar-refractivity contribution is 0.596. The number of rotatable bonds is 2. The molecule has 0 saturated carbocycles. The highest BCUT2D eigenvalue weighted by Crippen LogP contribution is 2.06. The minimum Gasteiger partial charge on any atom is -0.226 e. The Bertz CT molecular complexity index is 430. The number of hydrogen-bond acceptors (Lipinski definition) is 5. The van der Waals surface area contributed by atoms with E-state index in [1.807, 2.05) is 0 Å². The molecule has 13 heavy (non-hydrogen) atoms. The molecule has 0 aliphatic carbocycles. The number of hydrogen-bond donors (Lipinski definition) is 0. The molecule has 0 aliphatic rings. The van der Waals surface area contributed by atoms with Gasteiger partial charge in [0, 0.05) is 0 Å². The molecule has 0 radical (unpaired) electrons. The van der Waals surface area contributed by atoms with E-state index in [1.54, 1.807) is 6.07 Å². The van der Waals surface area contributed by atoms with Crippen LogP contribution in [0.5, 0.6) is 0 Å². The standard InChI is InChI=1S/C7H7N3O2S/c1-2-13(11,12)6-4-9-7(3-8)10-5-6/h4-5H,2H2,1H3. The van der Waals surface area contributed by atoms with E-state index in [0.29, 0.717) is 0 Å². The van der Waals surface area contributed by atoms with Crippen LogP contribution in [0.4, 0.5) is 0 Å². The fourth-order valence-corrected chi connectivity index (χ4v) is 1.46. The summed E-state index contributed by atoms with van der Waals surface area (Å²) in [5.41, 5.74) is 0. The summed E-state index contributed by atoms with van der Waals surface area (Å²) >= 11 is 0. The van der Waals surface area contributed by atoms with Gasteiger partial charge in [0.05, 0.1) is 18.1 Å². The first-order valence-corrected chi connectivity index (χ1v) is 5.20. The summed E-state index contributed by atoms with van der Waals surface area (Å²) in [4.78, 5) is 7.17. The smallest absolute Gasteiger partial charge is 0.226 e. The van der Waals surface area contributed by atoms with E-state index in [0.717, 1.165) is 12.4 Å². The molecule has 0 unspecified atom stereocenters. The summed E-state index contributed by atoms with van der Waals surface area (Å²) in [6, 6.07) is 1.71. The van der Waals surface area contributed by atoms with Gasteiger partial charge in [-0.15, -0.1) is 0 Å². The zero-order valence-corrected chi connectivity index (χ0v) is 7.74. The zero-order chi connectivity index (χ0) is 9.90. The highest BCUT2D eigenvalue weighted by molar-refractivity contribution is 7.91. The van der Waals surface area contributed by atoms with Crippen LogP contribution in [0.1, 0.15) is 12.7 Å². The fourth-order valence-electron chi connectivity index (χ4n) is 0.701. The van der Waals surface area contributed by atoms with Crippen LogP contribution in [0.15, 0.2) is 17.3 Å². The van der Waals surface area contributed by atoms with Crippen molar-refractivity contribution in [1.29, 1.82) is 5.26 Å². The molecule has 1 aromatic heterocycles. The first-order valence-electron chi connectivity index (χ1n) is 3.55. The van der Waals surface area contributed by atoms with Crippen molar-refractivity contribution >= 4 is 9.84 Å². The molecular formula is C7H7N3O2S. The van der Waals surface area contributed by atoms with Crippen molar-refractivity contribution in [2.75, 3.05) is 5.75 Å². The van der Waals surface area contributed by atoms with Gasteiger partial charge in [0.1, 0.15) is 11.0 Å². The molecular weight excluding hydrogens is 190 g/mol. The minimum atomic E-state index is -3.26. The average Bonchev–Trinajstić information content (AvgIpc) is 2.18. The fraction of sp³-hybridized carbons (Fsp3) is 0.286. The maximum absolute atomic E-state index is 11.2. The van der Waals surface area contributed by atoms with Gasteiger partial charge in [-0.2, -0.15) is 5.26 Å². The van der Waals surface area contributed by atoms with Gasteiger partial charge < -0.3 is 0 Å². The van der Waals surface area contributed by atoms with E-state index in [4.69, 9.17) is 5.26 Å². The van der Waals surface area contributed by atoms with Crippen molar-refractivity contribution in [2.45, 2.75) is 11.8 Å². The molecule has 0 amide bonds. The third-order valence-electron chi connectivity index (χ3n) is 1.47. The van der Waals surface area contributed by atoms with Crippen molar-refractivity contribution in [3.05, 3.63) is 18.2 Å². The second-order valence-corrected chi connectivity index (χ2v) is 4.54. The van der Waals surface area contributed by atoms with Crippen LogP contribution in [-0.4, -0.2) is 24.1 Å². The molecule has 68 valence electrons. The molecule has 6 heteroatoms. The number of nitriles is 1. The Morgan fingerprint density at radius 3 is 2.38 bits per heavy atom. The van der Waals surface area contributed by atoms with Gasteiger partial charge in [-0.25, -0.2) is 18.4 Å². The predicted molar refractivity (Wildman–Crippen MR) is 44.5 cm³/mol. The molecule has 0 aromatic carbocycles. The van der Waals surface area contributed by atoms with E-state index < -0.39 is 9.84 Å². The van der Waals surface area contributed by atoms with E-state index in [2.05, 4.69) is 9.97 Å². The molecule has 1 rings (SSSR count). The molecule has 0 saturated heterocycles. The molecule has 0 N–H and O–H groups in total. The normalized spacial score (nSPS) is 10.8. The van der Waals surface area contributed by atoms with Crippen molar-refractivity contribution in [2.24, 2.45) is 0 Å². The number of nitrogens with zero attached hydrogens (tertiary/aromatic N) is 3. The highest BCUT2D eigenvalue weighted by atomic mass is 32.2. The van der Waals surface area contributed by atoms with E-state index in [9.17, 15) is 8.42 Å². The van der Waals surface area contributed by atoms with Crippen LogP contribution >= 0.6 is 0 Å². The van der Waals surface area contributed by atoms with Gasteiger partial charge in [0.25, 0.3) is 0 Å². The molecule has 1 heterocycles. The first-order chi connectivity index (χ1) is 6.10. The topological polar surface area (TPSA) is 83.7 Å². The van der Waals surface area contributed by atoms with Crippen LogP contribution in [0.3, 0.4) is 0 Å². The van der Waals surface area contributed by atoms with Crippen molar-refractivity contribution in [1.82, 2.24) is 9.97 Å². The van der Waals surface area contributed by atoms with Crippen molar-refractivity contribution < 1.29 is 8.42 Å². The molecule has 0 atom stereocenters. The molecule has 0 spiro atoms. The summed E-state index contributed by atoms with van der Waals surface area (Å²) in [5.74, 6) is -0.0301. The minimum absolute atomic E-state index is 0.00224. The van der Waals surface area contributed by atoms with E-state index in [-0.39, 0.29) is 16.5 Å². The van der Waals surface area contributed by atoms with Gasteiger partial charge in [-0.3, -0.25) is 0 Å². The van der Waals surface area contributed by atoms with Crippen LogP contribution in [0, 0.1) is 11.3 Å². The molecule has 5 nitrogen and oxygen atoms in total. The molecule has 0 fully saturated rings. The Morgan fingerprint density at radius 1 is 1.46 bits per heavy atom. The Kier molecular flexibility index (Phi) is 2.58. The number of aromatic nitrogens is 2. The quantitative estimate of drug-likeness (QED) is 0.673. The van der Waals surface area contributed by atoms with Gasteiger partial charge >= 0.3 is 0 Å². The maximum atomic E-state index is 11.2. The second kappa shape index (κ2) is 3.49. The largest absolute Gasteiger partial charge is 0.232 e. The van der Waals surface area contributed by atoms with Crippen molar-refractivity contribution in [3.63, 3.8) is 0 Å². The van der Waals surface area contributed by atoms with Crippen LogP contribution in [0.25, 0.3) is 0 Å². The number of sulfone groups is 1. The average molecular weight is 197 g/mol. The van der Waals surface area contributed by atoms with Crippen molar-refractivity contribution in [3.8, 4) is 6.07 Å². The molecule has 0 aliphatic heterocycles. The Labute approximate surface area is 76.0 Å². The first kappa shape index (κ1) is 9.61. The highest BCUT2D eigenvalue weighted by Gasteiger charge is 2.11. The zero-order valence-electron chi connectivity index (χ0n) is 6.93. The monoisotopic (exact) mass is 197 g/mol. The Morgan fingerprint density at radius 2 is 2.00 bits per heavy atom. The predicted octanol–water partition coefficient (Wildman–Crippen LogP) is 0.142. The summed E-state index contributed by atoms with van der Waals surface area (Å²) in [5, 5.41) is 8.36. The third-order valence-corrected chi connectivity index (χ3v) is 3.16. The van der Waals surface area contributed by atoms with E-state index in [1.165, 1.54) is 6.92 Å². The Hall–Kier alpha value is -1.48. The molecule has 1 aromatic rings. The van der Waals surface area contributed by atoms with Gasteiger partial charge in [-0.05, 0) is 0 Å². The van der Waals surface area contributed by atoms with Gasteiger partial charge in [0.2, 0.25) is 5.82 Å².